The van der Waals surface area contributed by atoms with E-state index in [-0.39, 0.29) is 48.1 Å². The summed E-state index contributed by atoms with van der Waals surface area (Å²) in [6.07, 6.45) is 1.14. The van der Waals surface area contributed by atoms with Crippen molar-refractivity contribution in [3.05, 3.63) is 78.1 Å². The van der Waals surface area contributed by atoms with E-state index < -0.39 is 16.1 Å². The molecule has 1 aliphatic heterocycles. The summed E-state index contributed by atoms with van der Waals surface area (Å²) in [6.45, 7) is 1.90. The molecule has 4 rings (SSSR count). The first-order valence-corrected chi connectivity index (χ1v) is 13.0. The van der Waals surface area contributed by atoms with E-state index >= 15 is 0 Å². The van der Waals surface area contributed by atoms with Gasteiger partial charge in [-0.05, 0) is 53.4 Å². The van der Waals surface area contributed by atoms with Crippen LogP contribution in [0.5, 0.6) is 0 Å². The lowest BCUT2D eigenvalue weighted by atomic mass is 10.0. The molecule has 3 aromatic carbocycles. The standard InChI is InChI=1S/C26H28FN3O4S/c1-18(31)28-25(16-19-6-9-22(27)10-7-19)26(32)29-23-12-14-30(15-13-23)35(33,34)24-11-8-20-4-2-3-5-21(20)17-24/h2-11,17,23,25H,12-16H2,1H3,(H,28,31)(H,29,32)/t25-/m0/s1. The highest BCUT2D eigenvalue weighted by molar-refractivity contribution is 7.89. The van der Waals surface area contributed by atoms with Crippen LogP contribution in [-0.2, 0) is 26.0 Å². The van der Waals surface area contributed by atoms with Crippen LogP contribution in [0.1, 0.15) is 25.3 Å². The summed E-state index contributed by atoms with van der Waals surface area (Å²) in [4.78, 5) is 24.8. The number of fused-ring (bicyclic) bond motifs is 1. The molecule has 0 bridgehead atoms. The number of nitrogens with one attached hydrogen (secondary N) is 2. The average molecular weight is 498 g/mol. The minimum absolute atomic E-state index is 0.213. The molecule has 184 valence electrons. The molecule has 1 saturated heterocycles. The van der Waals surface area contributed by atoms with Gasteiger partial charge in [0.05, 0.1) is 4.90 Å². The lowest BCUT2D eigenvalue weighted by Gasteiger charge is -2.32. The predicted molar refractivity (Wildman–Crippen MR) is 132 cm³/mol. The molecule has 0 unspecified atom stereocenters. The van der Waals surface area contributed by atoms with Gasteiger partial charge in [-0.3, -0.25) is 9.59 Å². The van der Waals surface area contributed by atoms with Crippen LogP contribution in [0.2, 0.25) is 0 Å². The van der Waals surface area contributed by atoms with Crippen molar-refractivity contribution in [3.63, 3.8) is 0 Å². The molecule has 3 aromatic rings. The zero-order valence-corrected chi connectivity index (χ0v) is 20.2. The highest BCUT2D eigenvalue weighted by Gasteiger charge is 2.31. The Kier molecular flexibility index (Phi) is 7.47. The van der Waals surface area contributed by atoms with Crippen molar-refractivity contribution in [2.24, 2.45) is 0 Å². The van der Waals surface area contributed by atoms with Crippen LogP contribution >= 0.6 is 0 Å². The first kappa shape index (κ1) is 24.8. The number of piperidine rings is 1. The maximum atomic E-state index is 13.2. The maximum Gasteiger partial charge on any atom is 0.243 e. The molecule has 35 heavy (non-hydrogen) atoms. The molecule has 7 nitrogen and oxygen atoms in total. The van der Waals surface area contributed by atoms with E-state index in [0.717, 1.165) is 16.3 Å². The van der Waals surface area contributed by atoms with E-state index in [9.17, 15) is 22.4 Å². The summed E-state index contributed by atoms with van der Waals surface area (Å²) in [7, 11) is -3.65. The number of amides is 2. The Morgan fingerprint density at radius 2 is 1.66 bits per heavy atom. The summed E-state index contributed by atoms with van der Waals surface area (Å²) >= 11 is 0. The van der Waals surface area contributed by atoms with Crippen LogP contribution < -0.4 is 10.6 Å². The average Bonchev–Trinajstić information content (AvgIpc) is 2.84. The molecule has 0 saturated carbocycles. The normalized spacial score (nSPS) is 16.1. The Bertz CT molecular complexity index is 1320. The quantitative estimate of drug-likeness (QED) is 0.525. The van der Waals surface area contributed by atoms with Crippen molar-refractivity contribution in [1.82, 2.24) is 14.9 Å². The van der Waals surface area contributed by atoms with E-state index in [0.29, 0.717) is 12.8 Å². The Morgan fingerprint density at radius 3 is 2.31 bits per heavy atom. The van der Waals surface area contributed by atoms with E-state index in [1.54, 1.807) is 30.3 Å². The summed E-state index contributed by atoms with van der Waals surface area (Å²) in [5.41, 5.74) is 0.719. The van der Waals surface area contributed by atoms with Crippen molar-refractivity contribution >= 4 is 32.6 Å². The predicted octanol–water partition coefficient (Wildman–Crippen LogP) is 3.00. The molecule has 0 aromatic heterocycles. The lowest BCUT2D eigenvalue weighted by Crippen LogP contribution is -2.53. The monoisotopic (exact) mass is 497 g/mol. The second-order valence-corrected chi connectivity index (χ2v) is 10.7. The Labute approximate surface area is 204 Å². The second-order valence-electron chi connectivity index (χ2n) is 8.78. The third-order valence-electron chi connectivity index (χ3n) is 6.21. The van der Waals surface area contributed by atoms with Gasteiger partial charge < -0.3 is 10.6 Å². The summed E-state index contributed by atoms with van der Waals surface area (Å²) < 4.78 is 41.0. The molecule has 9 heteroatoms. The largest absolute Gasteiger partial charge is 0.351 e. The maximum absolute atomic E-state index is 13.2. The van der Waals surface area contributed by atoms with E-state index in [1.807, 2.05) is 24.3 Å². The number of carbonyl (C=O) groups is 2. The van der Waals surface area contributed by atoms with Gasteiger partial charge in [-0.25, -0.2) is 12.8 Å². The molecule has 1 heterocycles. The van der Waals surface area contributed by atoms with Crippen LogP contribution in [0, 0.1) is 5.82 Å². The molecule has 1 fully saturated rings. The van der Waals surface area contributed by atoms with E-state index in [2.05, 4.69) is 10.6 Å². The van der Waals surface area contributed by atoms with Gasteiger partial charge in [0.1, 0.15) is 11.9 Å². The van der Waals surface area contributed by atoms with E-state index in [4.69, 9.17) is 0 Å². The highest BCUT2D eigenvalue weighted by Crippen LogP contribution is 2.24. The van der Waals surface area contributed by atoms with Crippen LogP contribution in [-0.4, -0.2) is 49.7 Å². The van der Waals surface area contributed by atoms with Gasteiger partial charge in [0.2, 0.25) is 21.8 Å². The van der Waals surface area contributed by atoms with Gasteiger partial charge in [-0.15, -0.1) is 0 Å². The highest BCUT2D eigenvalue weighted by atomic mass is 32.2. The number of nitrogens with zero attached hydrogens (tertiary/aromatic N) is 1. The summed E-state index contributed by atoms with van der Waals surface area (Å²) in [5.74, 6) is -1.07. The van der Waals surface area contributed by atoms with Crippen molar-refractivity contribution in [2.75, 3.05) is 13.1 Å². The minimum Gasteiger partial charge on any atom is -0.351 e. The van der Waals surface area contributed by atoms with Crippen molar-refractivity contribution in [1.29, 1.82) is 0 Å². The Hall–Kier alpha value is -3.30. The third kappa shape index (κ3) is 6.04. The van der Waals surface area contributed by atoms with Crippen molar-refractivity contribution in [3.8, 4) is 0 Å². The smallest absolute Gasteiger partial charge is 0.243 e. The zero-order chi connectivity index (χ0) is 25.0. The molecule has 1 atom stereocenters. The molecular formula is C26H28FN3O4S. The third-order valence-corrected chi connectivity index (χ3v) is 8.10. The van der Waals surface area contributed by atoms with Crippen LogP contribution in [0.25, 0.3) is 10.8 Å². The molecule has 0 radical (unpaired) electrons. The SMILES string of the molecule is CC(=O)N[C@@H](Cc1ccc(F)cc1)C(=O)NC1CCN(S(=O)(=O)c2ccc3ccccc3c2)CC1. The molecule has 1 aliphatic rings. The van der Waals surface area contributed by atoms with Gasteiger partial charge in [-0.2, -0.15) is 4.31 Å². The van der Waals surface area contributed by atoms with Crippen molar-refractivity contribution in [2.45, 2.75) is 43.2 Å². The van der Waals surface area contributed by atoms with Crippen molar-refractivity contribution < 1.29 is 22.4 Å². The molecule has 0 spiro atoms. The number of hydrogen-bond acceptors (Lipinski definition) is 4. The summed E-state index contributed by atoms with van der Waals surface area (Å²) in [5, 5.41) is 7.43. The van der Waals surface area contributed by atoms with Crippen LogP contribution in [0.15, 0.2) is 71.6 Å². The van der Waals surface area contributed by atoms with Crippen LogP contribution in [0.4, 0.5) is 4.39 Å². The Morgan fingerprint density at radius 1 is 1.00 bits per heavy atom. The fourth-order valence-corrected chi connectivity index (χ4v) is 5.84. The van der Waals surface area contributed by atoms with Gasteiger partial charge in [0.25, 0.3) is 0 Å². The van der Waals surface area contributed by atoms with Gasteiger partial charge in [-0.1, -0.05) is 42.5 Å². The molecular weight excluding hydrogens is 469 g/mol. The van der Waals surface area contributed by atoms with Crippen LogP contribution in [0.3, 0.4) is 0 Å². The van der Waals surface area contributed by atoms with Gasteiger partial charge >= 0.3 is 0 Å². The minimum atomic E-state index is -3.65. The Balaban J connectivity index is 1.38. The fourth-order valence-electron chi connectivity index (χ4n) is 4.33. The number of hydrogen-bond donors (Lipinski definition) is 2. The molecule has 2 N–H and O–H groups in total. The number of carbonyl (C=O) groups excluding carboxylic acids is 2. The lowest BCUT2D eigenvalue weighted by molar-refractivity contribution is -0.128. The fraction of sp³-hybridized carbons (Fsp3) is 0.308. The second kappa shape index (κ2) is 10.5. The first-order valence-electron chi connectivity index (χ1n) is 11.5. The number of benzene rings is 3. The van der Waals surface area contributed by atoms with Gasteiger partial charge in [0.15, 0.2) is 0 Å². The zero-order valence-electron chi connectivity index (χ0n) is 19.4. The number of rotatable bonds is 7. The van der Waals surface area contributed by atoms with Gasteiger partial charge in [0, 0.05) is 32.5 Å². The topological polar surface area (TPSA) is 95.6 Å². The number of sulfonamides is 1. The number of halogens is 1. The first-order chi connectivity index (χ1) is 16.7. The van der Waals surface area contributed by atoms with E-state index in [1.165, 1.54) is 23.4 Å². The summed E-state index contributed by atoms with van der Waals surface area (Å²) in [6, 6.07) is 17.5. The molecule has 2 amide bonds. The molecule has 0 aliphatic carbocycles.